The van der Waals surface area contributed by atoms with Gasteiger partial charge in [0.05, 0.1) is 17.2 Å². The fourth-order valence-corrected chi connectivity index (χ4v) is 4.53. The number of amides is 1. The van der Waals surface area contributed by atoms with Crippen LogP contribution in [-0.2, 0) is 4.79 Å². The lowest BCUT2D eigenvalue weighted by molar-refractivity contribution is -0.122. The average molecular weight is 431 g/mol. The number of aliphatic imine (C=N–C) groups is 1. The number of para-hydroxylation sites is 1. The number of nitrogens with zero attached hydrogens (tertiary/aromatic N) is 2. The van der Waals surface area contributed by atoms with Crippen LogP contribution >= 0.6 is 11.8 Å². The molecule has 1 aliphatic rings. The number of benzene rings is 3. The van der Waals surface area contributed by atoms with Crippen LogP contribution in [0.1, 0.15) is 32.3 Å². The van der Waals surface area contributed by atoms with Gasteiger partial charge in [-0.25, -0.2) is 4.99 Å². The Labute approximate surface area is 187 Å². The second-order valence-electron chi connectivity index (χ2n) is 7.34. The minimum atomic E-state index is -0.00379. The predicted octanol–water partition coefficient (Wildman–Crippen LogP) is 6.64. The molecule has 158 valence electrons. The zero-order valence-corrected chi connectivity index (χ0v) is 18.7. The van der Waals surface area contributed by atoms with Gasteiger partial charge in [0.15, 0.2) is 5.17 Å². The van der Waals surface area contributed by atoms with Gasteiger partial charge in [0.2, 0.25) is 0 Å². The predicted molar refractivity (Wildman–Crippen MR) is 131 cm³/mol. The van der Waals surface area contributed by atoms with Gasteiger partial charge in [-0.1, -0.05) is 62.4 Å². The van der Waals surface area contributed by atoms with E-state index in [1.807, 2.05) is 54.6 Å². The van der Waals surface area contributed by atoms with Gasteiger partial charge in [-0.15, -0.1) is 0 Å². The lowest BCUT2D eigenvalue weighted by Crippen LogP contribution is -2.29. The maximum atomic E-state index is 13.3. The first-order chi connectivity index (χ1) is 15.2. The Morgan fingerprint density at radius 2 is 1.74 bits per heavy atom. The summed E-state index contributed by atoms with van der Waals surface area (Å²) in [4.78, 5) is 20.5. The van der Waals surface area contributed by atoms with E-state index in [1.54, 1.807) is 4.90 Å². The minimum Gasteiger partial charge on any atom is -0.493 e. The Hall–Kier alpha value is -3.05. The quantitative estimate of drug-likeness (QED) is 0.394. The summed E-state index contributed by atoms with van der Waals surface area (Å²) in [6, 6.07) is 22.0. The SMILES string of the molecule is CCCOc1ccc2ccccc2c1/C=C1/SC(=Nc2ccccc2)N(CCC)C1=O. The van der Waals surface area contributed by atoms with Crippen molar-refractivity contribution >= 4 is 45.4 Å². The Balaban J connectivity index is 1.78. The highest BCUT2D eigenvalue weighted by atomic mass is 32.2. The molecule has 3 aromatic carbocycles. The van der Waals surface area contributed by atoms with E-state index in [4.69, 9.17) is 9.73 Å². The molecule has 3 aromatic rings. The van der Waals surface area contributed by atoms with Crippen molar-refractivity contribution in [1.29, 1.82) is 0 Å². The van der Waals surface area contributed by atoms with Crippen LogP contribution in [0.25, 0.3) is 16.8 Å². The Morgan fingerprint density at radius 1 is 0.968 bits per heavy atom. The average Bonchev–Trinajstić information content (AvgIpc) is 3.08. The van der Waals surface area contributed by atoms with E-state index >= 15 is 0 Å². The van der Waals surface area contributed by atoms with E-state index < -0.39 is 0 Å². The van der Waals surface area contributed by atoms with Crippen LogP contribution in [0.15, 0.2) is 76.6 Å². The van der Waals surface area contributed by atoms with Crippen LogP contribution in [0, 0.1) is 0 Å². The Kier molecular flexibility index (Phi) is 6.73. The first-order valence-electron chi connectivity index (χ1n) is 10.7. The third kappa shape index (κ3) is 4.67. The number of ether oxygens (including phenoxy) is 1. The van der Waals surface area contributed by atoms with E-state index in [1.165, 1.54) is 11.8 Å². The molecule has 0 radical (unpaired) electrons. The van der Waals surface area contributed by atoms with Crippen molar-refractivity contribution in [3.8, 4) is 5.75 Å². The van der Waals surface area contributed by atoms with Crippen LogP contribution in [0.3, 0.4) is 0 Å². The fraction of sp³-hybridized carbons (Fsp3) is 0.231. The molecule has 0 aromatic heterocycles. The molecule has 31 heavy (non-hydrogen) atoms. The van der Waals surface area contributed by atoms with Gasteiger partial charge in [0.1, 0.15) is 5.75 Å². The standard InChI is InChI=1S/C26H26N2O2S/c1-3-16-28-25(29)24(31-26(28)27-20-11-6-5-7-12-20)18-22-21-13-9-8-10-19(21)14-15-23(22)30-17-4-2/h5-15,18H,3-4,16-17H2,1-2H3/b24-18+,27-26?. The summed E-state index contributed by atoms with van der Waals surface area (Å²) in [6.45, 7) is 5.44. The number of fused-ring (bicyclic) bond motifs is 1. The number of hydrogen-bond acceptors (Lipinski definition) is 4. The number of amidine groups is 1. The monoisotopic (exact) mass is 430 g/mol. The summed E-state index contributed by atoms with van der Waals surface area (Å²) in [6.07, 6.45) is 3.76. The molecule has 1 fully saturated rings. The van der Waals surface area contributed by atoms with Gasteiger partial charge in [0, 0.05) is 12.1 Å². The zero-order valence-electron chi connectivity index (χ0n) is 17.9. The van der Waals surface area contributed by atoms with Crippen molar-refractivity contribution in [3.05, 3.63) is 77.2 Å². The third-order valence-electron chi connectivity index (χ3n) is 4.98. The number of carbonyl (C=O) groups is 1. The molecule has 0 aliphatic carbocycles. The van der Waals surface area contributed by atoms with E-state index in [9.17, 15) is 4.79 Å². The lowest BCUT2D eigenvalue weighted by Gasteiger charge is -2.14. The highest BCUT2D eigenvalue weighted by molar-refractivity contribution is 8.18. The molecule has 0 bridgehead atoms. The van der Waals surface area contributed by atoms with Crippen LogP contribution < -0.4 is 4.74 Å². The van der Waals surface area contributed by atoms with Crippen molar-refractivity contribution in [2.75, 3.05) is 13.2 Å². The molecule has 1 saturated heterocycles. The molecule has 0 saturated carbocycles. The Morgan fingerprint density at radius 3 is 2.52 bits per heavy atom. The summed E-state index contributed by atoms with van der Waals surface area (Å²) in [5.74, 6) is 0.799. The maximum absolute atomic E-state index is 13.3. The number of rotatable bonds is 7. The van der Waals surface area contributed by atoms with Gasteiger partial charge in [-0.2, -0.15) is 0 Å². The van der Waals surface area contributed by atoms with E-state index in [0.717, 1.165) is 45.8 Å². The van der Waals surface area contributed by atoms with Gasteiger partial charge in [0.25, 0.3) is 5.91 Å². The summed E-state index contributed by atoms with van der Waals surface area (Å²) < 4.78 is 6.03. The number of hydrogen-bond donors (Lipinski definition) is 0. The van der Waals surface area contributed by atoms with E-state index in [0.29, 0.717) is 18.1 Å². The molecule has 5 heteroatoms. The van der Waals surface area contributed by atoms with Crippen molar-refractivity contribution in [3.63, 3.8) is 0 Å². The van der Waals surface area contributed by atoms with Crippen molar-refractivity contribution in [2.24, 2.45) is 4.99 Å². The first-order valence-corrected chi connectivity index (χ1v) is 11.5. The van der Waals surface area contributed by atoms with Crippen molar-refractivity contribution < 1.29 is 9.53 Å². The fourth-order valence-electron chi connectivity index (χ4n) is 3.52. The topological polar surface area (TPSA) is 41.9 Å². The summed E-state index contributed by atoms with van der Waals surface area (Å²) in [5.41, 5.74) is 1.79. The van der Waals surface area contributed by atoms with Crippen LogP contribution in [0.4, 0.5) is 5.69 Å². The summed E-state index contributed by atoms with van der Waals surface area (Å²) >= 11 is 1.43. The normalized spacial score (nSPS) is 16.6. The molecule has 0 spiro atoms. The first kappa shape index (κ1) is 21.2. The molecule has 0 atom stereocenters. The molecule has 0 unspecified atom stereocenters. The van der Waals surface area contributed by atoms with Gasteiger partial charge < -0.3 is 4.74 Å². The summed E-state index contributed by atoms with van der Waals surface area (Å²) in [5, 5.41) is 2.92. The van der Waals surface area contributed by atoms with E-state index in [-0.39, 0.29) is 5.91 Å². The van der Waals surface area contributed by atoms with Crippen LogP contribution in [0.2, 0.25) is 0 Å². The molecule has 1 heterocycles. The van der Waals surface area contributed by atoms with Crippen LogP contribution in [0.5, 0.6) is 5.75 Å². The molecular weight excluding hydrogens is 404 g/mol. The van der Waals surface area contributed by atoms with Crippen molar-refractivity contribution in [2.45, 2.75) is 26.7 Å². The van der Waals surface area contributed by atoms with Gasteiger partial charge in [-0.05, 0) is 59.7 Å². The second kappa shape index (κ2) is 9.84. The lowest BCUT2D eigenvalue weighted by atomic mass is 10.0. The second-order valence-corrected chi connectivity index (χ2v) is 8.35. The number of thioether (sulfide) groups is 1. The molecule has 4 rings (SSSR count). The third-order valence-corrected chi connectivity index (χ3v) is 5.99. The number of carbonyl (C=O) groups excluding carboxylic acids is 1. The smallest absolute Gasteiger partial charge is 0.266 e. The minimum absolute atomic E-state index is 0.00379. The van der Waals surface area contributed by atoms with Crippen LogP contribution in [-0.4, -0.2) is 29.1 Å². The summed E-state index contributed by atoms with van der Waals surface area (Å²) in [7, 11) is 0. The molecular formula is C26H26N2O2S. The zero-order chi connectivity index (χ0) is 21.6. The molecule has 0 N–H and O–H groups in total. The van der Waals surface area contributed by atoms with Crippen molar-refractivity contribution in [1.82, 2.24) is 4.90 Å². The molecule has 4 nitrogen and oxygen atoms in total. The highest BCUT2D eigenvalue weighted by Crippen LogP contribution is 2.38. The maximum Gasteiger partial charge on any atom is 0.266 e. The largest absolute Gasteiger partial charge is 0.493 e. The van der Waals surface area contributed by atoms with Gasteiger partial charge >= 0.3 is 0 Å². The molecule has 1 amide bonds. The Bertz CT molecular complexity index is 1140. The van der Waals surface area contributed by atoms with Gasteiger partial charge in [-0.3, -0.25) is 9.69 Å². The highest BCUT2D eigenvalue weighted by Gasteiger charge is 2.33. The molecule has 1 aliphatic heterocycles. The van der Waals surface area contributed by atoms with E-state index in [2.05, 4.69) is 32.0 Å².